The Kier molecular flexibility index (Phi) is 5.85. The zero-order valence-corrected chi connectivity index (χ0v) is 14.5. The van der Waals surface area contributed by atoms with Gasteiger partial charge in [0.05, 0.1) is 20.3 Å². The van der Waals surface area contributed by atoms with Gasteiger partial charge in [0, 0.05) is 31.4 Å². The van der Waals surface area contributed by atoms with Crippen molar-refractivity contribution in [3.8, 4) is 17.6 Å². The Hall–Kier alpha value is -2.49. The lowest BCUT2D eigenvalue weighted by Crippen LogP contribution is -2.21. The van der Waals surface area contributed by atoms with Crippen LogP contribution in [0, 0.1) is 18.3 Å². The van der Waals surface area contributed by atoms with E-state index in [4.69, 9.17) is 14.7 Å². The molecule has 0 amide bonds. The van der Waals surface area contributed by atoms with Crippen LogP contribution in [-0.4, -0.2) is 30.4 Å². The van der Waals surface area contributed by atoms with E-state index in [1.165, 1.54) is 0 Å². The molecule has 128 valence electrons. The highest BCUT2D eigenvalue weighted by molar-refractivity contribution is 5.42. The first-order valence-corrected chi connectivity index (χ1v) is 7.67. The Morgan fingerprint density at radius 1 is 1.29 bits per heavy atom. The van der Waals surface area contributed by atoms with Gasteiger partial charge in [0.2, 0.25) is 0 Å². The molecule has 2 rings (SSSR count). The van der Waals surface area contributed by atoms with Gasteiger partial charge in [-0.3, -0.25) is 0 Å². The number of nitriles is 1. The molecule has 0 aliphatic carbocycles. The van der Waals surface area contributed by atoms with Crippen molar-refractivity contribution in [3.63, 3.8) is 0 Å². The van der Waals surface area contributed by atoms with E-state index in [-0.39, 0.29) is 0 Å². The van der Waals surface area contributed by atoms with E-state index in [9.17, 15) is 5.11 Å². The SMILES string of the molecule is COc1ccc(OC)c(C(O)CNCc2cc(C#N)n(C)c2C)c1. The first kappa shape index (κ1) is 17.9. The van der Waals surface area contributed by atoms with Gasteiger partial charge in [0.25, 0.3) is 0 Å². The van der Waals surface area contributed by atoms with Gasteiger partial charge in [-0.05, 0) is 36.8 Å². The maximum absolute atomic E-state index is 10.5. The summed E-state index contributed by atoms with van der Waals surface area (Å²) in [4.78, 5) is 0. The van der Waals surface area contributed by atoms with Crippen molar-refractivity contribution in [2.75, 3.05) is 20.8 Å². The van der Waals surface area contributed by atoms with Crippen LogP contribution in [0.4, 0.5) is 0 Å². The first-order valence-electron chi connectivity index (χ1n) is 7.67. The lowest BCUT2D eigenvalue weighted by Gasteiger charge is -2.16. The Morgan fingerprint density at radius 2 is 2.04 bits per heavy atom. The summed E-state index contributed by atoms with van der Waals surface area (Å²) < 4.78 is 12.4. The molecule has 0 radical (unpaired) electrons. The van der Waals surface area contributed by atoms with Crippen LogP contribution in [0.15, 0.2) is 24.3 Å². The zero-order valence-electron chi connectivity index (χ0n) is 14.5. The number of benzene rings is 1. The number of nitrogens with zero attached hydrogens (tertiary/aromatic N) is 2. The second-order valence-electron chi connectivity index (χ2n) is 5.57. The number of aromatic nitrogens is 1. The molecule has 24 heavy (non-hydrogen) atoms. The van der Waals surface area contributed by atoms with Crippen LogP contribution < -0.4 is 14.8 Å². The van der Waals surface area contributed by atoms with Gasteiger partial charge >= 0.3 is 0 Å². The van der Waals surface area contributed by atoms with Crippen molar-refractivity contribution >= 4 is 0 Å². The summed E-state index contributed by atoms with van der Waals surface area (Å²) in [5.41, 5.74) is 3.37. The van der Waals surface area contributed by atoms with Gasteiger partial charge < -0.3 is 24.5 Å². The zero-order chi connectivity index (χ0) is 17.7. The molecule has 0 bridgehead atoms. The van der Waals surface area contributed by atoms with Crippen LogP contribution in [0.5, 0.6) is 11.5 Å². The fraction of sp³-hybridized carbons (Fsp3) is 0.389. The molecule has 6 nitrogen and oxygen atoms in total. The lowest BCUT2D eigenvalue weighted by atomic mass is 10.1. The monoisotopic (exact) mass is 329 g/mol. The second kappa shape index (κ2) is 7.86. The van der Waals surface area contributed by atoms with Crippen LogP contribution in [0.25, 0.3) is 0 Å². The van der Waals surface area contributed by atoms with E-state index in [0.29, 0.717) is 35.8 Å². The molecule has 0 fully saturated rings. The molecule has 0 aliphatic heterocycles. The highest BCUT2D eigenvalue weighted by atomic mass is 16.5. The minimum absolute atomic E-state index is 0.361. The summed E-state index contributed by atoms with van der Waals surface area (Å²) >= 11 is 0. The Labute approximate surface area is 142 Å². The number of rotatable bonds is 7. The third-order valence-electron chi connectivity index (χ3n) is 4.20. The van der Waals surface area contributed by atoms with E-state index in [1.807, 2.05) is 24.6 Å². The molecule has 1 aromatic carbocycles. The number of methoxy groups -OCH3 is 2. The molecule has 2 N–H and O–H groups in total. The molecule has 0 saturated carbocycles. The van der Waals surface area contributed by atoms with Crippen molar-refractivity contribution in [1.29, 1.82) is 5.26 Å². The van der Waals surface area contributed by atoms with E-state index in [1.54, 1.807) is 32.4 Å². The minimum Gasteiger partial charge on any atom is -0.497 e. The predicted molar refractivity (Wildman–Crippen MR) is 91.1 cm³/mol. The summed E-state index contributed by atoms with van der Waals surface area (Å²) in [5, 5.41) is 22.7. The van der Waals surface area contributed by atoms with Crippen molar-refractivity contribution in [2.45, 2.75) is 19.6 Å². The molecular formula is C18H23N3O3. The van der Waals surface area contributed by atoms with Gasteiger partial charge in [-0.15, -0.1) is 0 Å². The van der Waals surface area contributed by atoms with Crippen molar-refractivity contribution in [3.05, 3.63) is 46.8 Å². The number of aliphatic hydroxyl groups is 1. The Morgan fingerprint density at radius 3 is 2.62 bits per heavy atom. The smallest absolute Gasteiger partial charge is 0.124 e. The second-order valence-corrected chi connectivity index (χ2v) is 5.57. The van der Waals surface area contributed by atoms with Crippen molar-refractivity contribution in [2.24, 2.45) is 7.05 Å². The Bertz CT molecular complexity index is 747. The largest absolute Gasteiger partial charge is 0.497 e. The first-order chi connectivity index (χ1) is 11.5. The molecular weight excluding hydrogens is 306 g/mol. The van der Waals surface area contributed by atoms with Gasteiger partial charge in [-0.1, -0.05) is 0 Å². The van der Waals surface area contributed by atoms with Gasteiger partial charge in [-0.25, -0.2) is 0 Å². The van der Waals surface area contributed by atoms with Crippen molar-refractivity contribution < 1.29 is 14.6 Å². The summed E-state index contributed by atoms with van der Waals surface area (Å²) in [7, 11) is 5.02. The number of hydrogen-bond donors (Lipinski definition) is 2. The van der Waals surface area contributed by atoms with Gasteiger partial charge in [-0.2, -0.15) is 5.26 Å². The fourth-order valence-corrected chi connectivity index (χ4v) is 2.60. The summed E-state index contributed by atoms with van der Waals surface area (Å²) in [6, 6.07) is 9.36. The van der Waals surface area contributed by atoms with E-state index in [2.05, 4.69) is 11.4 Å². The van der Waals surface area contributed by atoms with Gasteiger partial charge in [0.15, 0.2) is 0 Å². The van der Waals surface area contributed by atoms with Crippen LogP contribution in [0.2, 0.25) is 0 Å². The van der Waals surface area contributed by atoms with E-state index in [0.717, 1.165) is 11.3 Å². The molecule has 2 aromatic rings. The predicted octanol–water partition coefficient (Wildman–Crippen LogP) is 2.05. The molecule has 0 aliphatic rings. The lowest BCUT2D eigenvalue weighted by molar-refractivity contribution is 0.169. The highest BCUT2D eigenvalue weighted by Crippen LogP contribution is 2.29. The van der Waals surface area contributed by atoms with Crippen LogP contribution in [0.1, 0.15) is 28.6 Å². The average Bonchev–Trinajstić information content (AvgIpc) is 2.88. The fourth-order valence-electron chi connectivity index (χ4n) is 2.60. The number of ether oxygens (including phenoxy) is 2. The van der Waals surface area contributed by atoms with E-state index < -0.39 is 6.10 Å². The summed E-state index contributed by atoms with van der Waals surface area (Å²) in [5.74, 6) is 1.29. The number of aliphatic hydroxyl groups excluding tert-OH is 1. The molecule has 0 spiro atoms. The minimum atomic E-state index is -0.727. The Balaban J connectivity index is 2.04. The normalized spacial score (nSPS) is 11.8. The highest BCUT2D eigenvalue weighted by Gasteiger charge is 2.15. The van der Waals surface area contributed by atoms with Crippen LogP contribution in [0.3, 0.4) is 0 Å². The third-order valence-corrected chi connectivity index (χ3v) is 4.20. The summed E-state index contributed by atoms with van der Waals surface area (Å²) in [6.45, 7) is 2.91. The molecule has 1 atom stereocenters. The number of hydrogen-bond acceptors (Lipinski definition) is 5. The molecule has 1 unspecified atom stereocenters. The standard InChI is InChI=1S/C18H23N3O3/c1-12-13(7-14(9-19)21(12)2)10-20-11-17(22)16-8-15(23-3)5-6-18(16)24-4/h5-8,17,20,22H,10-11H2,1-4H3. The maximum Gasteiger partial charge on any atom is 0.124 e. The van der Waals surface area contributed by atoms with Crippen molar-refractivity contribution in [1.82, 2.24) is 9.88 Å². The molecule has 0 saturated heterocycles. The molecule has 1 aromatic heterocycles. The molecule has 1 heterocycles. The topological polar surface area (TPSA) is 79.4 Å². The van der Waals surface area contributed by atoms with Crippen LogP contribution >= 0.6 is 0 Å². The van der Waals surface area contributed by atoms with Gasteiger partial charge in [0.1, 0.15) is 23.3 Å². The molecule has 6 heteroatoms. The van der Waals surface area contributed by atoms with E-state index >= 15 is 0 Å². The summed E-state index contributed by atoms with van der Waals surface area (Å²) in [6.07, 6.45) is -0.727. The quantitative estimate of drug-likeness (QED) is 0.813. The third kappa shape index (κ3) is 3.70. The maximum atomic E-state index is 10.5. The van der Waals surface area contributed by atoms with Crippen LogP contribution in [-0.2, 0) is 13.6 Å². The number of nitrogens with one attached hydrogen (secondary N) is 1. The average molecular weight is 329 g/mol.